The van der Waals surface area contributed by atoms with E-state index < -0.39 is 14.5 Å². The molecule has 0 rings (SSSR count). The molecule has 0 N–H and O–H groups in total. The Balaban J connectivity index is -0.0000110. The van der Waals surface area contributed by atoms with Gasteiger partial charge in [-0.05, 0) is 103 Å². The molecular weight excluding hydrogens is 774 g/mol. The van der Waals surface area contributed by atoms with Gasteiger partial charge in [0.15, 0.2) is 0 Å². The summed E-state index contributed by atoms with van der Waals surface area (Å²) in [5, 5.41) is 0. The summed E-state index contributed by atoms with van der Waals surface area (Å²) in [6.45, 7) is 14.3. The van der Waals surface area contributed by atoms with Crippen LogP contribution in [0, 0.1) is 0 Å². The van der Waals surface area contributed by atoms with Gasteiger partial charge in [0.2, 0.25) is 0 Å². The van der Waals surface area contributed by atoms with Crippen LogP contribution in [0.3, 0.4) is 0 Å². The minimum Gasteiger partial charge on any atom is -1.00 e. The van der Waals surface area contributed by atoms with Gasteiger partial charge in [-0.1, -0.05) is 144 Å². The number of hydrogen-bond acceptors (Lipinski definition) is 0. The Bertz CT molecular complexity index is 498. The molecule has 0 unspecified atom stereocenters. The van der Waals surface area contributed by atoms with Crippen molar-refractivity contribution in [3.63, 3.8) is 0 Å². The third kappa shape index (κ3) is 34.3. The number of halogens is 2. The molecule has 0 bridgehead atoms. The number of rotatable bonds is 41. The van der Waals surface area contributed by atoms with Gasteiger partial charge >= 0.3 is 0 Å². The van der Waals surface area contributed by atoms with Crippen LogP contribution in [-0.4, -0.2) is 49.3 Å². The van der Waals surface area contributed by atoms with Gasteiger partial charge in [0, 0.05) is 14.5 Å². The Kier molecular flexibility index (Phi) is 48.9. The van der Waals surface area contributed by atoms with Crippen LogP contribution in [0.15, 0.2) is 0 Å². The molecule has 0 amide bonds. The standard InChI is InChI=1S/C46H98P2.2BrH/c1-7-13-19-31-39-47(40-32-20-14-8-2,41-33-21-15-9-3)45-37-29-27-25-26-28-30-38-46-48(42-34-22-16-10-4,43-35-23-17-11-5)44-36-24-18-12-6;;/h7-46H2,1-6H3;2*1H/q+2;;/p-2. The lowest BCUT2D eigenvalue weighted by molar-refractivity contribution is -0.00100. The zero-order valence-electron chi connectivity index (χ0n) is 35.9. The Hall–Kier alpha value is 1.82. The molecule has 0 atom stereocenters. The molecule has 4 heteroatoms. The van der Waals surface area contributed by atoms with E-state index in [4.69, 9.17) is 0 Å². The Morgan fingerprint density at radius 3 is 0.440 bits per heavy atom. The highest BCUT2D eigenvalue weighted by molar-refractivity contribution is 7.76. The predicted molar refractivity (Wildman–Crippen MR) is 235 cm³/mol. The maximum absolute atomic E-state index is 2.38. The van der Waals surface area contributed by atoms with Crippen molar-refractivity contribution in [2.75, 3.05) is 49.3 Å². The minimum atomic E-state index is -0.737. The molecule has 0 saturated heterocycles. The molecular formula is C46H98Br2P2. The molecule has 0 saturated carbocycles. The molecule has 0 aromatic heterocycles. The molecule has 0 aliphatic heterocycles. The second-order valence-electron chi connectivity index (χ2n) is 16.7. The first kappa shape index (κ1) is 56.2. The normalized spacial score (nSPS) is 11.9. The number of hydrogen-bond donors (Lipinski definition) is 0. The van der Waals surface area contributed by atoms with Crippen molar-refractivity contribution in [2.24, 2.45) is 0 Å². The summed E-state index contributed by atoms with van der Waals surface area (Å²) in [6.07, 6.45) is 60.8. The maximum Gasteiger partial charge on any atom is 0.0594 e. The Morgan fingerprint density at radius 1 is 0.180 bits per heavy atom. The van der Waals surface area contributed by atoms with E-state index in [9.17, 15) is 0 Å². The first-order chi connectivity index (χ1) is 23.6. The third-order valence-electron chi connectivity index (χ3n) is 11.9. The van der Waals surface area contributed by atoms with E-state index in [1.807, 2.05) is 0 Å². The topological polar surface area (TPSA) is 0 Å². The predicted octanol–water partition coefficient (Wildman–Crippen LogP) is 11.6. The molecule has 0 nitrogen and oxygen atoms in total. The van der Waals surface area contributed by atoms with Gasteiger partial charge in [-0.3, -0.25) is 0 Å². The second kappa shape index (κ2) is 43.5. The summed E-state index contributed by atoms with van der Waals surface area (Å²) < 4.78 is 0. The highest BCUT2D eigenvalue weighted by Gasteiger charge is 2.36. The SMILES string of the molecule is CCCCCC[P+](CCCCCC)(CCCCCC)CCCCCCCCCC[P+](CCCCCC)(CCCCCC)CCCCCC.[Br-].[Br-]. The summed E-state index contributed by atoms with van der Waals surface area (Å²) >= 11 is 0. The first-order valence-electron chi connectivity index (χ1n) is 23.3. The minimum absolute atomic E-state index is 0. The van der Waals surface area contributed by atoms with Crippen molar-refractivity contribution >= 4 is 14.5 Å². The van der Waals surface area contributed by atoms with Crippen molar-refractivity contribution < 1.29 is 34.0 Å². The van der Waals surface area contributed by atoms with Crippen LogP contribution in [-0.2, 0) is 0 Å². The van der Waals surface area contributed by atoms with E-state index in [1.54, 1.807) is 101 Å². The van der Waals surface area contributed by atoms with Crippen molar-refractivity contribution in [3.05, 3.63) is 0 Å². The van der Waals surface area contributed by atoms with Crippen LogP contribution < -0.4 is 34.0 Å². The van der Waals surface area contributed by atoms with Crippen molar-refractivity contribution in [1.82, 2.24) is 0 Å². The van der Waals surface area contributed by atoms with Crippen molar-refractivity contribution in [3.8, 4) is 0 Å². The summed E-state index contributed by atoms with van der Waals surface area (Å²) in [6, 6.07) is 0. The van der Waals surface area contributed by atoms with E-state index in [2.05, 4.69) is 41.5 Å². The molecule has 306 valence electrons. The lowest BCUT2D eigenvalue weighted by Gasteiger charge is -2.29. The maximum atomic E-state index is 2.38. The van der Waals surface area contributed by atoms with Gasteiger partial charge in [-0.15, -0.1) is 0 Å². The smallest absolute Gasteiger partial charge is 0.0594 e. The number of unbranched alkanes of at least 4 members (excludes halogenated alkanes) is 25. The summed E-state index contributed by atoms with van der Waals surface area (Å²) in [5.41, 5.74) is 0. The monoisotopic (exact) mass is 871 g/mol. The fourth-order valence-corrected chi connectivity index (χ4v) is 18.4. The van der Waals surface area contributed by atoms with Crippen LogP contribution in [0.25, 0.3) is 0 Å². The lowest BCUT2D eigenvalue weighted by atomic mass is 10.1. The molecule has 0 radical (unpaired) electrons. The van der Waals surface area contributed by atoms with Gasteiger partial charge in [0.25, 0.3) is 0 Å². The summed E-state index contributed by atoms with van der Waals surface area (Å²) in [4.78, 5) is 0. The molecule has 0 aromatic carbocycles. The van der Waals surface area contributed by atoms with Crippen LogP contribution >= 0.6 is 14.5 Å². The van der Waals surface area contributed by atoms with Gasteiger partial charge in [0.1, 0.15) is 0 Å². The molecule has 0 aliphatic carbocycles. The Labute approximate surface area is 342 Å². The third-order valence-corrected chi connectivity index (χ3v) is 22.1. The second-order valence-corrected chi connectivity index (χ2v) is 25.6. The zero-order chi connectivity index (χ0) is 35.3. The van der Waals surface area contributed by atoms with Crippen molar-refractivity contribution in [2.45, 2.75) is 247 Å². The molecule has 0 aliphatic rings. The fourth-order valence-electron chi connectivity index (χ4n) is 8.54. The lowest BCUT2D eigenvalue weighted by Crippen LogP contribution is -3.00. The van der Waals surface area contributed by atoms with E-state index in [1.165, 1.54) is 154 Å². The largest absolute Gasteiger partial charge is 1.00 e. The molecule has 50 heavy (non-hydrogen) atoms. The van der Waals surface area contributed by atoms with E-state index in [0.717, 1.165) is 0 Å². The van der Waals surface area contributed by atoms with E-state index in [0.29, 0.717) is 0 Å². The van der Waals surface area contributed by atoms with E-state index in [-0.39, 0.29) is 34.0 Å². The average molecular weight is 873 g/mol. The van der Waals surface area contributed by atoms with Crippen LogP contribution in [0.1, 0.15) is 247 Å². The highest BCUT2D eigenvalue weighted by atomic mass is 79.9. The first-order valence-corrected chi connectivity index (χ1v) is 28.3. The van der Waals surface area contributed by atoms with Gasteiger partial charge in [-0.25, -0.2) is 0 Å². The van der Waals surface area contributed by atoms with Crippen LogP contribution in [0.4, 0.5) is 0 Å². The quantitative estimate of drug-likeness (QED) is 0.0424. The molecule has 0 aromatic rings. The van der Waals surface area contributed by atoms with E-state index >= 15 is 0 Å². The summed E-state index contributed by atoms with van der Waals surface area (Å²) in [7, 11) is -1.47. The molecule has 0 fully saturated rings. The zero-order valence-corrected chi connectivity index (χ0v) is 40.9. The van der Waals surface area contributed by atoms with Gasteiger partial charge in [-0.2, -0.15) is 0 Å². The average Bonchev–Trinajstić information content (AvgIpc) is 3.10. The van der Waals surface area contributed by atoms with Gasteiger partial charge < -0.3 is 34.0 Å². The van der Waals surface area contributed by atoms with Crippen molar-refractivity contribution in [1.29, 1.82) is 0 Å². The summed E-state index contributed by atoms with van der Waals surface area (Å²) in [5.74, 6) is 0. The van der Waals surface area contributed by atoms with Crippen LogP contribution in [0.2, 0.25) is 0 Å². The fraction of sp³-hybridized carbons (Fsp3) is 1.00. The van der Waals surface area contributed by atoms with Crippen LogP contribution in [0.5, 0.6) is 0 Å². The highest BCUT2D eigenvalue weighted by Crippen LogP contribution is 2.62. The Morgan fingerprint density at radius 2 is 0.300 bits per heavy atom. The molecule has 0 spiro atoms. The van der Waals surface area contributed by atoms with Gasteiger partial charge in [0.05, 0.1) is 49.3 Å². The molecule has 0 heterocycles.